The van der Waals surface area contributed by atoms with Crippen LogP contribution in [0.1, 0.15) is 40.0 Å². The van der Waals surface area contributed by atoms with E-state index in [4.69, 9.17) is 10.5 Å². The van der Waals surface area contributed by atoms with Gasteiger partial charge in [-0.1, -0.05) is 20.8 Å². The predicted molar refractivity (Wildman–Crippen MR) is 64.1 cm³/mol. The quantitative estimate of drug-likeness (QED) is 0.785. The molecule has 0 aliphatic carbocycles. The molecule has 0 aromatic carbocycles. The maximum atomic E-state index is 12.3. The van der Waals surface area contributed by atoms with Crippen molar-refractivity contribution in [1.82, 2.24) is 4.90 Å². The number of nitrogens with two attached hydrogens (primary N) is 1. The number of morpholine rings is 1. The number of amides is 1. The van der Waals surface area contributed by atoms with Gasteiger partial charge in [0.2, 0.25) is 5.91 Å². The predicted octanol–water partition coefficient (Wildman–Crippen LogP) is 1.14. The molecular formula is C12H24N2O2. The number of carbonyl (C=O) groups excluding carboxylic acids is 1. The first-order valence-electron chi connectivity index (χ1n) is 6.27. The smallest absolute Gasteiger partial charge is 0.242 e. The zero-order valence-corrected chi connectivity index (χ0v) is 10.7. The zero-order chi connectivity index (χ0) is 12.2. The Bertz CT molecular complexity index is 239. The Morgan fingerprint density at radius 1 is 1.44 bits per heavy atom. The molecule has 0 aromatic heterocycles. The first-order chi connectivity index (χ1) is 7.57. The van der Waals surface area contributed by atoms with Crippen LogP contribution in [-0.4, -0.2) is 42.1 Å². The second-order valence-corrected chi connectivity index (χ2v) is 4.52. The number of nitrogens with zero attached hydrogens (tertiary/aromatic N) is 1. The van der Waals surface area contributed by atoms with Crippen molar-refractivity contribution in [2.45, 2.75) is 51.7 Å². The molecule has 1 aliphatic rings. The Labute approximate surface area is 98.1 Å². The van der Waals surface area contributed by atoms with Crippen LogP contribution in [0, 0.1) is 0 Å². The van der Waals surface area contributed by atoms with Crippen LogP contribution in [0.25, 0.3) is 0 Å². The van der Waals surface area contributed by atoms with Crippen LogP contribution in [0.2, 0.25) is 0 Å². The molecule has 0 bridgehead atoms. The van der Waals surface area contributed by atoms with Crippen molar-refractivity contribution in [3.8, 4) is 0 Å². The number of carbonyl (C=O) groups is 1. The van der Waals surface area contributed by atoms with Gasteiger partial charge < -0.3 is 15.4 Å². The Morgan fingerprint density at radius 3 is 2.56 bits per heavy atom. The molecule has 1 fully saturated rings. The van der Waals surface area contributed by atoms with Gasteiger partial charge in [0.15, 0.2) is 0 Å². The fourth-order valence-corrected chi connectivity index (χ4v) is 2.02. The molecule has 94 valence electrons. The monoisotopic (exact) mass is 228 g/mol. The molecule has 1 heterocycles. The highest BCUT2D eigenvalue weighted by Gasteiger charge is 2.35. The summed E-state index contributed by atoms with van der Waals surface area (Å²) in [5.74, 6) is 0.0826. The fraction of sp³-hybridized carbons (Fsp3) is 0.917. The maximum absolute atomic E-state index is 12.3. The van der Waals surface area contributed by atoms with Gasteiger partial charge in [0.05, 0.1) is 18.2 Å². The third-order valence-corrected chi connectivity index (χ3v) is 3.57. The normalized spacial score (nSPS) is 22.2. The summed E-state index contributed by atoms with van der Waals surface area (Å²) in [6.45, 7) is 8.02. The minimum Gasteiger partial charge on any atom is -0.375 e. The Kier molecular flexibility index (Phi) is 4.74. The molecule has 4 heteroatoms. The highest BCUT2D eigenvalue weighted by atomic mass is 16.5. The average molecular weight is 228 g/mol. The molecule has 0 spiro atoms. The van der Waals surface area contributed by atoms with E-state index < -0.39 is 5.54 Å². The zero-order valence-electron chi connectivity index (χ0n) is 10.7. The van der Waals surface area contributed by atoms with Crippen molar-refractivity contribution in [2.75, 3.05) is 19.7 Å². The van der Waals surface area contributed by atoms with Crippen molar-refractivity contribution in [1.29, 1.82) is 0 Å². The Balaban J connectivity index is 2.65. The van der Waals surface area contributed by atoms with Gasteiger partial charge >= 0.3 is 0 Å². The van der Waals surface area contributed by atoms with Crippen LogP contribution in [-0.2, 0) is 9.53 Å². The SMILES string of the molecule is CCC1CN(C(=O)C(N)(CC)CC)CCO1. The van der Waals surface area contributed by atoms with Gasteiger partial charge in [-0.05, 0) is 19.3 Å². The van der Waals surface area contributed by atoms with E-state index >= 15 is 0 Å². The molecular weight excluding hydrogens is 204 g/mol. The topological polar surface area (TPSA) is 55.6 Å². The van der Waals surface area contributed by atoms with Crippen LogP contribution in [0.4, 0.5) is 0 Å². The van der Waals surface area contributed by atoms with Crippen LogP contribution >= 0.6 is 0 Å². The highest BCUT2D eigenvalue weighted by molar-refractivity contribution is 5.86. The van der Waals surface area contributed by atoms with E-state index in [2.05, 4.69) is 6.92 Å². The number of rotatable bonds is 4. The minimum absolute atomic E-state index is 0.0826. The second-order valence-electron chi connectivity index (χ2n) is 4.52. The van der Waals surface area contributed by atoms with E-state index in [-0.39, 0.29) is 12.0 Å². The van der Waals surface area contributed by atoms with Crippen LogP contribution < -0.4 is 5.73 Å². The molecule has 1 amide bonds. The van der Waals surface area contributed by atoms with E-state index in [0.29, 0.717) is 32.5 Å². The van der Waals surface area contributed by atoms with Crippen molar-refractivity contribution in [2.24, 2.45) is 5.73 Å². The third kappa shape index (κ3) is 2.74. The first-order valence-corrected chi connectivity index (χ1v) is 6.27. The highest BCUT2D eigenvalue weighted by Crippen LogP contribution is 2.18. The molecule has 2 N–H and O–H groups in total. The molecule has 1 saturated heterocycles. The van der Waals surface area contributed by atoms with Gasteiger partial charge in [-0.25, -0.2) is 0 Å². The summed E-state index contributed by atoms with van der Waals surface area (Å²) >= 11 is 0. The van der Waals surface area contributed by atoms with Crippen LogP contribution in [0.5, 0.6) is 0 Å². The van der Waals surface area contributed by atoms with Crippen molar-refractivity contribution in [3.63, 3.8) is 0 Å². The number of hydrogen-bond acceptors (Lipinski definition) is 3. The van der Waals surface area contributed by atoms with Gasteiger partial charge in [-0.15, -0.1) is 0 Å². The maximum Gasteiger partial charge on any atom is 0.242 e. The molecule has 4 nitrogen and oxygen atoms in total. The lowest BCUT2D eigenvalue weighted by molar-refractivity contribution is -0.145. The Morgan fingerprint density at radius 2 is 2.06 bits per heavy atom. The van der Waals surface area contributed by atoms with Gasteiger partial charge in [-0.3, -0.25) is 4.79 Å². The summed E-state index contributed by atoms with van der Waals surface area (Å²) in [5, 5.41) is 0. The molecule has 1 rings (SSSR count). The summed E-state index contributed by atoms with van der Waals surface area (Å²) in [6, 6.07) is 0. The van der Waals surface area contributed by atoms with Crippen LogP contribution in [0.15, 0.2) is 0 Å². The first kappa shape index (κ1) is 13.5. The lowest BCUT2D eigenvalue weighted by atomic mass is 9.92. The van der Waals surface area contributed by atoms with Crippen molar-refractivity contribution < 1.29 is 9.53 Å². The van der Waals surface area contributed by atoms with Crippen molar-refractivity contribution >= 4 is 5.91 Å². The van der Waals surface area contributed by atoms with Crippen LogP contribution in [0.3, 0.4) is 0 Å². The lowest BCUT2D eigenvalue weighted by Gasteiger charge is -2.38. The number of ether oxygens (including phenoxy) is 1. The number of hydrogen-bond donors (Lipinski definition) is 1. The van der Waals surface area contributed by atoms with E-state index in [1.807, 2.05) is 18.7 Å². The van der Waals surface area contributed by atoms with Gasteiger partial charge in [-0.2, -0.15) is 0 Å². The van der Waals surface area contributed by atoms with E-state index in [1.54, 1.807) is 0 Å². The summed E-state index contributed by atoms with van der Waals surface area (Å²) in [7, 11) is 0. The summed E-state index contributed by atoms with van der Waals surface area (Å²) in [6.07, 6.45) is 2.50. The minimum atomic E-state index is -0.685. The molecule has 0 radical (unpaired) electrons. The molecule has 1 atom stereocenters. The molecule has 1 aliphatic heterocycles. The molecule has 0 saturated carbocycles. The van der Waals surface area contributed by atoms with Crippen molar-refractivity contribution in [3.05, 3.63) is 0 Å². The second kappa shape index (κ2) is 5.64. The summed E-state index contributed by atoms with van der Waals surface area (Å²) in [5.41, 5.74) is 5.44. The summed E-state index contributed by atoms with van der Waals surface area (Å²) in [4.78, 5) is 14.2. The average Bonchev–Trinajstić information content (AvgIpc) is 2.37. The lowest BCUT2D eigenvalue weighted by Crippen LogP contribution is -2.58. The Hall–Kier alpha value is -0.610. The van der Waals surface area contributed by atoms with Gasteiger partial charge in [0.25, 0.3) is 0 Å². The van der Waals surface area contributed by atoms with E-state index in [0.717, 1.165) is 6.42 Å². The fourth-order valence-electron chi connectivity index (χ4n) is 2.02. The molecule has 1 unspecified atom stereocenters. The standard InChI is InChI=1S/C12H24N2O2/c1-4-10-9-14(7-8-16-10)11(15)12(13,5-2)6-3/h10H,4-9,13H2,1-3H3. The molecule has 16 heavy (non-hydrogen) atoms. The van der Waals surface area contributed by atoms with E-state index in [9.17, 15) is 4.79 Å². The van der Waals surface area contributed by atoms with Gasteiger partial charge in [0.1, 0.15) is 0 Å². The largest absolute Gasteiger partial charge is 0.375 e. The summed E-state index contributed by atoms with van der Waals surface area (Å²) < 4.78 is 5.55. The third-order valence-electron chi connectivity index (χ3n) is 3.57. The molecule has 0 aromatic rings. The van der Waals surface area contributed by atoms with Gasteiger partial charge in [0, 0.05) is 13.1 Å². The van der Waals surface area contributed by atoms with E-state index in [1.165, 1.54) is 0 Å².